The van der Waals surface area contributed by atoms with E-state index < -0.39 is 0 Å². The summed E-state index contributed by atoms with van der Waals surface area (Å²) >= 11 is 0. The first-order chi connectivity index (χ1) is 9.25. The number of ether oxygens (including phenoxy) is 1. The zero-order valence-electron chi connectivity index (χ0n) is 11.0. The first kappa shape index (κ1) is 11.9. The van der Waals surface area contributed by atoms with Crippen molar-refractivity contribution >= 4 is 22.1 Å². The van der Waals surface area contributed by atoms with Crippen molar-refractivity contribution in [2.75, 3.05) is 27.2 Å². The number of aromatic nitrogens is 2. The molecule has 3 aromatic rings. The Labute approximate surface area is 110 Å². The fourth-order valence-corrected chi connectivity index (χ4v) is 1.96. The van der Waals surface area contributed by atoms with Gasteiger partial charge in [0.25, 0.3) is 5.88 Å². The zero-order chi connectivity index (χ0) is 13.2. The van der Waals surface area contributed by atoms with Gasteiger partial charge in [-0.3, -0.25) is 0 Å². The third-order valence-corrected chi connectivity index (χ3v) is 2.97. The van der Waals surface area contributed by atoms with E-state index in [1.165, 1.54) is 11.2 Å². The molecule has 19 heavy (non-hydrogen) atoms. The van der Waals surface area contributed by atoms with Crippen LogP contribution in [0, 0.1) is 0 Å². The molecular weight excluding hydrogens is 242 g/mol. The van der Waals surface area contributed by atoms with Crippen molar-refractivity contribution in [3.63, 3.8) is 0 Å². The monoisotopic (exact) mass is 258 g/mol. The van der Waals surface area contributed by atoms with Crippen LogP contribution in [0.4, 0.5) is 0 Å². The summed E-state index contributed by atoms with van der Waals surface area (Å²) in [5.74, 6) is 0.516. The molecule has 5 heteroatoms. The third-order valence-electron chi connectivity index (χ3n) is 2.97. The summed E-state index contributed by atoms with van der Waals surface area (Å²) in [5.41, 5.74) is 2.23. The van der Waals surface area contributed by atoms with Crippen molar-refractivity contribution in [3.05, 3.63) is 30.6 Å². The molecule has 0 atom stereocenters. The third kappa shape index (κ3) is 2.24. The van der Waals surface area contributed by atoms with E-state index in [-0.39, 0.29) is 0 Å². The first-order valence-corrected chi connectivity index (χ1v) is 6.30. The smallest absolute Gasteiger partial charge is 0.261 e. The number of quaternary nitrogens is 1. The number of nitrogens with zero attached hydrogens (tertiary/aromatic N) is 2. The molecule has 0 unspecified atom stereocenters. The van der Waals surface area contributed by atoms with Crippen LogP contribution in [0.25, 0.3) is 22.1 Å². The predicted octanol–water partition coefficient (Wildman–Crippen LogP) is 0.899. The Hall–Kier alpha value is -2.14. The maximum absolute atomic E-state index is 5.78. The molecule has 0 aliphatic rings. The van der Waals surface area contributed by atoms with E-state index in [2.05, 4.69) is 24.1 Å². The lowest BCUT2D eigenvalue weighted by Crippen LogP contribution is -3.06. The summed E-state index contributed by atoms with van der Waals surface area (Å²) in [6.45, 7) is 1.51. The number of fused-ring (bicyclic) bond motifs is 3. The lowest BCUT2D eigenvalue weighted by atomic mass is 10.2. The molecule has 0 fully saturated rings. The number of benzene rings is 1. The highest BCUT2D eigenvalue weighted by Gasteiger charge is 2.13. The van der Waals surface area contributed by atoms with Crippen LogP contribution in [-0.4, -0.2) is 37.2 Å². The van der Waals surface area contributed by atoms with Crippen LogP contribution in [0.5, 0.6) is 5.88 Å². The normalized spacial score (nSPS) is 11.5. The number of rotatable bonds is 4. The SMILES string of the molecule is C[NH+](C)CCOc1ncnc2c1oc1ccccc12. The van der Waals surface area contributed by atoms with Crippen molar-refractivity contribution < 1.29 is 14.1 Å². The minimum atomic E-state index is 0.516. The average molecular weight is 258 g/mol. The topological polar surface area (TPSA) is 52.6 Å². The van der Waals surface area contributed by atoms with Crippen LogP contribution in [0.3, 0.4) is 0 Å². The summed E-state index contributed by atoms with van der Waals surface area (Å²) < 4.78 is 11.5. The highest BCUT2D eigenvalue weighted by atomic mass is 16.5. The Morgan fingerprint density at radius 2 is 2.05 bits per heavy atom. The maximum Gasteiger partial charge on any atom is 0.261 e. The lowest BCUT2D eigenvalue weighted by Gasteiger charge is -2.08. The molecule has 0 radical (unpaired) electrons. The van der Waals surface area contributed by atoms with Crippen molar-refractivity contribution in [1.82, 2.24) is 9.97 Å². The Kier molecular flexibility index (Phi) is 3.05. The van der Waals surface area contributed by atoms with Gasteiger partial charge >= 0.3 is 0 Å². The molecule has 3 rings (SSSR count). The van der Waals surface area contributed by atoms with E-state index in [4.69, 9.17) is 9.15 Å². The Morgan fingerprint density at radius 1 is 1.21 bits per heavy atom. The van der Waals surface area contributed by atoms with Crippen LogP contribution in [0.15, 0.2) is 35.0 Å². The Morgan fingerprint density at radius 3 is 2.89 bits per heavy atom. The zero-order valence-corrected chi connectivity index (χ0v) is 11.0. The van der Waals surface area contributed by atoms with Crippen LogP contribution < -0.4 is 9.64 Å². The van der Waals surface area contributed by atoms with E-state index in [9.17, 15) is 0 Å². The van der Waals surface area contributed by atoms with Crippen LogP contribution in [0.2, 0.25) is 0 Å². The standard InChI is InChI=1S/C14H15N3O2/c1-17(2)7-8-18-14-13-12(15-9-16-14)10-5-3-4-6-11(10)19-13/h3-6,9H,7-8H2,1-2H3/p+1. The fourth-order valence-electron chi connectivity index (χ4n) is 1.96. The molecule has 0 saturated heterocycles. The maximum atomic E-state index is 5.78. The van der Waals surface area contributed by atoms with Gasteiger partial charge in [-0.2, -0.15) is 4.98 Å². The molecule has 0 spiro atoms. The van der Waals surface area contributed by atoms with Crippen LogP contribution in [0.1, 0.15) is 0 Å². The van der Waals surface area contributed by atoms with E-state index in [1.807, 2.05) is 24.3 Å². The lowest BCUT2D eigenvalue weighted by molar-refractivity contribution is -0.858. The summed E-state index contributed by atoms with van der Waals surface area (Å²) in [7, 11) is 4.17. The van der Waals surface area contributed by atoms with Crippen molar-refractivity contribution in [1.29, 1.82) is 0 Å². The second-order valence-electron chi connectivity index (χ2n) is 4.76. The average Bonchev–Trinajstić information content (AvgIpc) is 2.78. The van der Waals surface area contributed by atoms with E-state index in [0.29, 0.717) is 18.1 Å². The van der Waals surface area contributed by atoms with Gasteiger partial charge in [0.15, 0.2) is 0 Å². The molecule has 1 aromatic carbocycles. The largest absolute Gasteiger partial charge is 0.469 e. The quantitative estimate of drug-likeness (QED) is 0.755. The van der Waals surface area contributed by atoms with Gasteiger partial charge in [0, 0.05) is 5.39 Å². The van der Waals surface area contributed by atoms with Crippen molar-refractivity contribution in [3.8, 4) is 5.88 Å². The number of hydrogen-bond donors (Lipinski definition) is 1. The molecule has 0 aliphatic carbocycles. The number of furan rings is 1. The van der Waals surface area contributed by atoms with Gasteiger partial charge < -0.3 is 14.1 Å². The van der Waals surface area contributed by atoms with E-state index in [0.717, 1.165) is 23.0 Å². The van der Waals surface area contributed by atoms with Crippen molar-refractivity contribution in [2.45, 2.75) is 0 Å². The number of likely N-dealkylation sites (N-methyl/N-ethyl adjacent to an activating group) is 1. The fraction of sp³-hybridized carbons (Fsp3) is 0.286. The van der Waals surface area contributed by atoms with Crippen LogP contribution in [-0.2, 0) is 0 Å². The first-order valence-electron chi connectivity index (χ1n) is 6.30. The molecule has 1 N–H and O–H groups in total. The highest BCUT2D eigenvalue weighted by Crippen LogP contribution is 2.31. The van der Waals surface area contributed by atoms with Gasteiger partial charge in [-0.15, -0.1) is 0 Å². The molecule has 5 nitrogen and oxygen atoms in total. The molecule has 0 saturated carbocycles. The summed E-state index contributed by atoms with van der Waals surface area (Å²) in [4.78, 5) is 9.77. The Bertz CT molecular complexity index is 706. The van der Waals surface area contributed by atoms with Gasteiger partial charge in [-0.1, -0.05) is 12.1 Å². The van der Waals surface area contributed by atoms with E-state index in [1.54, 1.807) is 0 Å². The Balaban J connectivity index is 2.00. The highest BCUT2D eigenvalue weighted by molar-refractivity contribution is 6.03. The van der Waals surface area contributed by atoms with Gasteiger partial charge in [0.1, 0.15) is 30.6 Å². The summed E-state index contributed by atoms with van der Waals surface area (Å²) in [6, 6.07) is 7.82. The summed E-state index contributed by atoms with van der Waals surface area (Å²) in [5, 5.41) is 0.989. The minimum Gasteiger partial charge on any atom is -0.469 e. The van der Waals surface area contributed by atoms with Gasteiger partial charge in [-0.05, 0) is 12.1 Å². The molecule has 2 heterocycles. The van der Waals surface area contributed by atoms with Gasteiger partial charge in [0.2, 0.25) is 5.58 Å². The molecule has 0 bridgehead atoms. The predicted molar refractivity (Wildman–Crippen MR) is 72.5 cm³/mol. The molecule has 0 amide bonds. The second kappa shape index (κ2) is 4.85. The van der Waals surface area contributed by atoms with Gasteiger partial charge in [0.05, 0.1) is 14.1 Å². The van der Waals surface area contributed by atoms with Gasteiger partial charge in [-0.25, -0.2) is 4.98 Å². The molecule has 0 aliphatic heterocycles. The minimum absolute atomic E-state index is 0.516. The number of hydrogen-bond acceptors (Lipinski definition) is 4. The second-order valence-corrected chi connectivity index (χ2v) is 4.76. The summed E-state index contributed by atoms with van der Waals surface area (Å²) in [6.07, 6.45) is 1.52. The molecule has 98 valence electrons. The van der Waals surface area contributed by atoms with Crippen LogP contribution >= 0.6 is 0 Å². The van der Waals surface area contributed by atoms with E-state index >= 15 is 0 Å². The van der Waals surface area contributed by atoms with Crippen molar-refractivity contribution in [2.24, 2.45) is 0 Å². The molecular formula is C14H16N3O2+. The number of para-hydroxylation sites is 1. The molecule has 2 aromatic heterocycles. The number of nitrogens with one attached hydrogen (secondary N) is 1.